The normalized spacial score (nSPS) is 30.8. The molecule has 3 amide bonds. The van der Waals surface area contributed by atoms with Crippen LogP contribution in [0.4, 0.5) is 0 Å². The van der Waals surface area contributed by atoms with Gasteiger partial charge in [0.1, 0.15) is 0 Å². The van der Waals surface area contributed by atoms with E-state index < -0.39 is 0 Å². The zero-order chi connectivity index (χ0) is 25.7. The fourth-order valence-corrected chi connectivity index (χ4v) is 6.65. The van der Waals surface area contributed by atoms with E-state index in [9.17, 15) is 14.4 Å². The van der Waals surface area contributed by atoms with Gasteiger partial charge in [-0.2, -0.15) is 0 Å². The minimum absolute atomic E-state index is 0.0756. The summed E-state index contributed by atoms with van der Waals surface area (Å²) in [6, 6.07) is 5.41. The van der Waals surface area contributed by atoms with Gasteiger partial charge in [0.05, 0.1) is 16.7 Å². The summed E-state index contributed by atoms with van der Waals surface area (Å²) in [4.78, 5) is 40.6. The summed E-state index contributed by atoms with van der Waals surface area (Å²) in [5.41, 5.74) is 0.830. The molecule has 0 radical (unpaired) electrons. The maximum absolute atomic E-state index is 13.7. The molecule has 3 fully saturated rings. The van der Waals surface area contributed by atoms with Crippen molar-refractivity contribution < 1.29 is 14.4 Å². The summed E-state index contributed by atoms with van der Waals surface area (Å²) < 4.78 is 0. The Bertz CT molecular complexity index is 891. The largest absolute Gasteiger partial charge is 0.349 e. The molecule has 198 valence electrons. The van der Waals surface area contributed by atoms with Gasteiger partial charge in [-0.05, 0) is 68.4 Å². The lowest BCUT2D eigenvalue weighted by Gasteiger charge is -2.30. The predicted octanol–water partition coefficient (Wildman–Crippen LogP) is 5.61. The second kappa shape index (κ2) is 12.2. The molecule has 6 unspecified atom stereocenters. The fourth-order valence-electron chi connectivity index (χ4n) is 6.65. The van der Waals surface area contributed by atoms with E-state index in [0.717, 1.165) is 57.8 Å². The lowest BCUT2D eigenvalue weighted by Crippen LogP contribution is -2.43. The maximum atomic E-state index is 13.7. The minimum Gasteiger partial charge on any atom is -0.349 e. The van der Waals surface area contributed by atoms with Gasteiger partial charge in [-0.15, -0.1) is 0 Å². The SMILES string of the molecule is CC1CCCC(NC(=O)c2cccc(C(=O)NC3CCCC(C)C3)c2C(=O)NC2CCCC(C)C2)C1. The van der Waals surface area contributed by atoms with Crippen LogP contribution in [0.2, 0.25) is 0 Å². The van der Waals surface area contributed by atoms with Gasteiger partial charge in [0.15, 0.2) is 0 Å². The molecule has 6 atom stereocenters. The number of carbonyl (C=O) groups excluding carboxylic acids is 3. The molecule has 6 nitrogen and oxygen atoms in total. The Morgan fingerprint density at radius 2 is 0.944 bits per heavy atom. The Morgan fingerprint density at radius 3 is 1.31 bits per heavy atom. The van der Waals surface area contributed by atoms with Crippen LogP contribution in [0.15, 0.2) is 18.2 Å². The van der Waals surface area contributed by atoms with Crippen molar-refractivity contribution in [1.29, 1.82) is 0 Å². The lowest BCUT2D eigenvalue weighted by atomic mass is 9.86. The van der Waals surface area contributed by atoms with Crippen molar-refractivity contribution >= 4 is 17.7 Å². The second-order valence-electron chi connectivity index (χ2n) is 12.1. The van der Waals surface area contributed by atoms with Crippen LogP contribution in [0, 0.1) is 17.8 Å². The quantitative estimate of drug-likeness (QED) is 0.479. The molecule has 0 aromatic heterocycles. The van der Waals surface area contributed by atoms with Gasteiger partial charge in [-0.25, -0.2) is 0 Å². The Balaban J connectivity index is 1.58. The number of amides is 3. The van der Waals surface area contributed by atoms with Crippen molar-refractivity contribution in [1.82, 2.24) is 16.0 Å². The van der Waals surface area contributed by atoms with Gasteiger partial charge < -0.3 is 16.0 Å². The topological polar surface area (TPSA) is 87.3 Å². The smallest absolute Gasteiger partial charge is 0.253 e. The molecule has 1 aromatic rings. The van der Waals surface area contributed by atoms with Crippen LogP contribution in [0.3, 0.4) is 0 Å². The van der Waals surface area contributed by atoms with Crippen molar-refractivity contribution in [2.45, 2.75) is 116 Å². The first-order valence-corrected chi connectivity index (χ1v) is 14.4. The van der Waals surface area contributed by atoms with Gasteiger partial charge in [-0.1, -0.05) is 65.4 Å². The number of hydrogen-bond donors (Lipinski definition) is 3. The second-order valence-corrected chi connectivity index (χ2v) is 12.1. The predicted molar refractivity (Wildman–Crippen MR) is 143 cm³/mol. The number of rotatable bonds is 6. The third-order valence-corrected chi connectivity index (χ3v) is 8.60. The minimum atomic E-state index is -0.306. The molecule has 0 bridgehead atoms. The van der Waals surface area contributed by atoms with Crippen molar-refractivity contribution in [2.75, 3.05) is 0 Å². The van der Waals surface area contributed by atoms with Crippen LogP contribution in [0.25, 0.3) is 0 Å². The van der Waals surface area contributed by atoms with Crippen LogP contribution in [0.5, 0.6) is 0 Å². The highest BCUT2D eigenvalue weighted by Gasteiger charge is 2.30. The fraction of sp³-hybridized carbons (Fsp3) is 0.700. The van der Waals surface area contributed by atoms with E-state index in [1.807, 2.05) is 0 Å². The van der Waals surface area contributed by atoms with Crippen molar-refractivity contribution in [3.8, 4) is 0 Å². The molecule has 1 aromatic carbocycles. The van der Waals surface area contributed by atoms with E-state index in [4.69, 9.17) is 0 Å². The highest BCUT2D eigenvalue weighted by Crippen LogP contribution is 2.27. The first kappa shape index (κ1) is 26.7. The van der Waals surface area contributed by atoms with E-state index in [1.165, 1.54) is 19.3 Å². The van der Waals surface area contributed by atoms with E-state index in [1.54, 1.807) is 18.2 Å². The van der Waals surface area contributed by atoms with Crippen molar-refractivity contribution in [3.05, 3.63) is 34.9 Å². The van der Waals surface area contributed by atoms with E-state index >= 15 is 0 Å². The monoisotopic (exact) mass is 495 g/mol. The molecule has 0 aliphatic heterocycles. The van der Waals surface area contributed by atoms with Gasteiger partial charge in [0, 0.05) is 18.1 Å². The molecule has 3 N–H and O–H groups in total. The lowest BCUT2D eigenvalue weighted by molar-refractivity contribution is 0.0871. The standard InChI is InChI=1S/C30H45N3O3/c1-19-8-4-11-22(16-19)31-28(34)25-14-7-15-26(29(35)32-23-12-5-9-20(2)17-23)27(25)30(36)33-24-13-6-10-21(3)18-24/h7,14-15,19-24H,4-6,8-13,16-18H2,1-3H3,(H,31,34)(H,32,35)(H,33,36). The molecule has 4 rings (SSSR count). The van der Waals surface area contributed by atoms with Crippen LogP contribution < -0.4 is 16.0 Å². The van der Waals surface area contributed by atoms with Crippen LogP contribution in [-0.4, -0.2) is 35.8 Å². The van der Waals surface area contributed by atoms with Gasteiger partial charge in [0.25, 0.3) is 17.7 Å². The van der Waals surface area contributed by atoms with E-state index in [2.05, 4.69) is 36.7 Å². The summed E-state index contributed by atoms with van der Waals surface area (Å²) in [6.07, 6.45) is 12.5. The van der Waals surface area contributed by atoms with Gasteiger partial charge in [-0.3, -0.25) is 14.4 Å². The highest BCUT2D eigenvalue weighted by molar-refractivity contribution is 6.14. The summed E-state index contributed by atoms with van der Waals surface area (Å²) in [6.45, 7) is 6.66. The van der Waals surface area contributed by atoms with Crippen LogP contribution >= 0.6 is 0 Å². The molecule has 6 heteroatoms. The third kappa shape index (κ3) is 6.89. The van der Waals surface area contributed by atoms with E-state index in [0.29, 0.717) is 28.9 Å². The molecule has 0 heterocycles. The Kier molecular flexibility index (Phi) is 9.08. The van der Waals surface area contributed by atoms with Gasteiger partial charge in [0.2, 0.25) is 0 Å². The molecule has 3 saturated carbocycles. The summed E-state index contributed by atoms with van der Waals surface area (Å²) >= 11 is 0. The number of hydrogen-bond acceptors (Lipinski definition) is 3. The Morgan fingerprint density at radius 1 is 0.583 bits per heavy atom. The molecular weight excluding hydrogens is 450 g/mol. The van der Waals surface area contributed by atoms with Crippen molar-refractivity contribution in [3.63, 3.8) is 0 Å². The van der Waals surface area contributed by atoms with Crippen LogP contribution in [0.1, 0.15) is 129 Å². The summed E-state index contributed by atoms with van der Waals surface area (Å²) in [5.74, 6) is 0.908. The molecule has 0 spiro atoms. The number of nitrogens with one attached hydrogen (secondary N) is 3. The third-order valence-electron chi connectivity index (χ3n) is 8.60. The Labute approximate surface area is 216 Å². The molecule has 3 aliphatic carbocycles. The number of benzene rings is 1. The average molecular weight is 496 g/mol. The van der Waals surface area contributed by atoms with E-state index in [-0.39, 0.29) is 41.4 Å². The molecule has 3 aliphatic rings. The van der Waals surface area contributed by atoms with Gasteiger partial charge >= 0.3 is 0 Å². The molecular formula is C30H45N3O3. The van der Waals surface area contributed by atoms with Crippen LogP contribution in [-0.2, 0) is 0 Å². The van der Waals surface area contributed by atoms with Crippen molar-refractivity contribution in [2.24, 2.45) is 17.8 Å². The first-order chi connectivity index (χ1) is 17.3. The highest BCUT2D eigenvalue weighted by atomic mass is 16.2. The number of carbonyl (C=O) groups is 3. The summed E-state index contributed by atoms with van der Waals surface area (Å²) in [7, 11) is 0. The Hall–Kier alpha value is -2.37. The average Bonchev–Trinajstić information content (AvgIpc) is 2.83. The molecule has 0 saturated heterocycles. The summed E-state index contributed by atoms with van der Waals surface area (Å²) in [5, 5.41) is 9.53. The maximum Gasteiger partial charge on any atom is 0.253 e. The zero-order valence-corrected chi connectivity index (χ0v) is 22.4. The molecule has 36 heavy (non-hydrogen) atoms. The zero-order valence-electron chi connectivity index (χ0n) is 22.4. The first-order valence-electron chi connectivity index (χ1n) is 14.4.